The van der Waals surface area contributed by atoms with Crippen molar-refractivity contribution in [1.29, 1.82) is 0 Å². The largest absolute Gasteiger partial charge is 0.496 e. The summed E-state index contributed by atoms with van der Waals surface area (Å²) in [5.41, 5.74) is 3.94. The Balaban J connectivity index is 1.92. The monoisotopic (exact) mass is 388 g/mol. The van der Waals surface area contributed by atoms with Crippen molar-refractivity contribution < 1.29 is 19.0 Å². The Labute approximate surface area is 171 Å². The molecule has 0 aliphatic heterocycles. The van der Waals surface area contributed by atoms with E-state index in [9.17, 15) is 4.79 Å². The van der Waals surface area contributed by atoms with Crippen LogP contribution in [0.3, 0.4) is 0 Å². The standard InChI is InChI=1S/C25H24O4/c1-18-13-14-24(28-3)21(15-18)17-29-25(26)22(19-9-5-4-6-10-19)16-20-11-7-8-12-23(20)27-2/h4-16H,17H2,1-3H3/b22-16+. The molecule has 0 amide bonds. The summed E-state index contributed by atoms with van der Waals surface area (Å²) >= 11 is 0. The Hall–Kier alpha value is -3.53. The molecule has 0 aliphatic carbocycles. The summed E-state index contributed by atoms with van der Waals surface area (Å²) in [5.74, 6) is 0.970. The fourth-order valence-corrected chi connectivity index (χ4v) is 3.06. The van der Waals surface area contributed by atoms with Crippen molar-refractivity contribution in [2.24, 2.45) is 0 Å². The summed E-state index contributed by atoms with van der Waals surface area (Å²) in [6.07, 6.45) is 1.80. The molecule has 0 bridgehead atoms. The first-order valence-electron chi connectivity index (χ1n) is 9.33. The van der Waals surface area contributed by atoms with Gasteiger partial charge in [0.1, 0.15) is 18.1 Å². The third-order valence-corrected chi connectivity index (χ3v) is 4.54. The van der Waals surface area contributed by atoms with Gasteiger partial charge in [0.25, 0.3) is 0 Å². The molecular weight excluding hydrogens is 364 g/mol. The molecule has 29 heavy (non-hydrogen) atoms. The van der Waals surface area contributed by atoms with Gasteiger partial charge in [-0.15, -0.1) is 0 Å². The van der Waals surface area contributed by atoms with Crippen molar-refractivity contribution in [3.8, 4) is 11.5 Å². The molecule has 0 fully saturated rings. The summed E-state index contributed by atoms with van der Waals surface area (Å²) in [6.45, 7) is 2.11. The summed E-state index contributed by atoms with van der Waals surface area (Å²) in [6, 6.07) is 22.8. The van der Waals surface area contributed by atoms with Crippen molar-refractivity contribution in [2.45, 2.75) is 13.5 Å². The predicted octanol–water partition coefficient (Wildman–Crippen LogP) is 5.30. The molecule has 0 radical (unpaired) electrons. The minimum absolute atomic E-state index is 0.125. The predicted molar refractivity (Wildman–Crippen MR) is 115 cm³/mol. The Morgan fingerprint density at radius 2 is 1.55 bits per heavy atom. The highest BCUT2D eigenvalue weighted by Crippen LogP contribution is 2.27. The Bertz CT molecular complexity index is 1010. The number of methoxy groups -OCH3 is 2. The molecular formula is C25H24O4. The topological polar surface area (TPSA) is 44.8 Å². The number of rotatable bonds is 7. The van der Waals surface area contributed by atoms with Crippen LogP contribution in [0.2, 0.25) is 0 Å². The van der Waals surface area contributed by atoms with E-state index < -0.39 is 5.97 Å². The van der Waals surface area contributed by atoms with Crippen LogP contribution in [0, 0.1) is 6.92 Å². The molecule has 0 saturated carbocycles. The van der Waals surface area contributed by atoms with Gasteiger partial charge in [0.15, 0.2) is 0 Å². The first-order valence-corrected chi connectivity index (χ1v) is 9.33. The molecule has 0 N–H and O–H groups in total. The molecule has 148 valence electrons. The van der Waals surface area contributed by atoms with Crippen LogP contribution in [-0.4, -0.2) is 20.2 Å². The summed E-state index contributed by atoms with van der Waals surface area (Å²) in [7, 11) is 3.21. The van der Waals surface area contributed by atoms with Crippen molar-refractivity contribution in [1.82, 2.24) is 0 Å². The van der Waals surface area contributed by atoms with Gasteiger partial charge in [-0.1, -0.05) is 60.2 Å². The minimum Gasteiger partial charge on any atom is -0.496 e. The van der Waals surface area contributed by atoms with E-state index in [0.717, 1.165) is 22.3 Å². The van der Waals surface area contributed by atoms with Crippen LogP contribution in [0.15, 0.2) is 72.8 Å². The zero-order valence-corrected chi connectivity index (χ0v) is 16.8. The van der Waals surface area contributed by atoms with Crippen LogP contribution in [-0.2, 0) is 16.1 Å². The first kappa shape index (κ1) is 20.2. The van der Waals surface area contributed by atoms with Crippen LogP contribution in [0.25, 0.3) is 11.6 Å². The van der Waals surface area contributed by atoms with Gasteiger partial charge in [0.05, 0.1) is 19.8 Å². The van der Waals surface area contributed by atoms with Gasteiger partial charge in [-0.05, 0) is 36.8 Å². The van der Waals surface area contributed by atoms with E-state index >= 15 is 0 Å². The maximum atomic E-state index is 13.0. The Kier molecular flexibility index (Phi) is 6.69. The molecule has 0 heterocycles. The number of ether oxygens (including phenoxy) is 3. The maximum Gasteiger partial charge on any atom is 0.339 e. The summed E-state index contributed by atoms with van der Waals surface area (Å²) < 4.78 is 16.5. The minimum atomic E-state index is -0.411. The number of benzene rings is 3. The zero-order valence-electron chi connectivity index (χ0n) is 16.8. The van der Waals surface area contributed by atoms with Gasteiger partial charge in [0, 0.05) is 11.1 Å². The summed E-state index contributed by atoms with van der Waals surface area (Å²) in [5, 5.41) is 0. The molecule has 3 aromatic carbocycles. The lowest BCUT2D eigenvalue weighted by Crippen LogP contribution is -2.08. The fourth-order valence-electron chi connectivity index (χ4n) is 3.06. The molecule has 0 spiro atoms. The highest BCUT2D eigenvalue weighted by molar-refractivity contribution is 6.21. The molecule has 3 aromatic rings. The van der Waals surface area contributed by atoms with Gasteiger partial charge in [0.2, 0.25) is 0 Å². The smallest absolute Gasteiger partial charge is 0.339 e. The molecule has 0 saturated heterocycles. The van der Waals surface area contributed by atoms with Crippen LogP contribution in [0.5, 0.6) is 11.5 Å². The summed E-state index contributed by atoms with van der Waals surface area (Å²) in [4.78, 5) is 13.0. The molecule has 3 rings (SSSR count). The zero-order chi connectivity index (χ0) is 20.6. The second kappa shape index (κ2) is 9.60. The molecule has 4 heteroatoms. The lowest BCUT2D eigenvalue weighted by molar-refractivity contribution is -0.137. The van der Waals surface area contributed by atoms with E-state index in [2.05, 4.69) is 0 Å². The lowest BCUT2D eigenvalue weighted by Gasteiger charge is -2.13. The van der Waals surface area contributed by atoms with Crippen LogP contribution in [0.4, 0.5) is 0 Å². The number of para-hydroxylation sites is 1. The van der Waals surface area contributed by atoms with E-state index in [4.69, 9.17) is 14.2 Å². The van der Waals surface area contributed by atoms with Crippen LogP contribution < -0.4 is 9.47 Å². The average molecular weight is 388 g/mol. The van der Waals surface area contributed by atoms with E-state index in [1.807, 2.05) is 79.7 Å². The number of carbonyl (C=O) groups is 1. The highest BCUT2D eigenvalue weighted by Gasteiger charge is 2.16. The van der Waals surface area contributed by atoms with Gasteiger partial charge >= 0.3 is 5.97 Å². The molecule has 0 unspecified atom stereocenters. The highest BCUT2D eigenvalue weighted by atomic mass is 16.5. The van der Waals surface area contributed by atoms with Crippen molar-refractivity contribution >= 4 is 17.6 Å². The molecule has 0 aromatic heterocycles. The van der Waals surface area contributed by atoms with Crippen LogP contribution >= 0.6 is 0 Å². The van der Waals surface area contributed by atoms with E-state index in [1.165, 1.54) is 0 Å². The van der Waals surface area contributed by atoms with Gasteiger partial charge in [-0.2, -0.15) is 0 Å². The van der Waals surface area contributed by atoms with E-state index in [0.29, 0.717) is 17.1 Å². The Morgan fingerprint density at radius 1 is 0.862 bits per heavy atom. The van der Waals surface area contributed by atoms with Crippen molar-refractivity contribution in [3.63, 3.8) is 0 Å². The lowest BCUT2D eigenvalue weighted by atomic mass is 10.0. The maximum absolute atomic E-state index is 13.0. The third kappa shape index (κ3) is 5.05. The Morgan fingerprint density at radius 3 is 2.28 bits per heavy atom. The molecule has 0 atom stereocenters. The molecule has 0 aliphatic rings. The molecule has 4 nitrogen and oxygen atoms in total. The fraction of sp³-hybridized carbons (Fsp3) is 0.160. The van der Waals surface area contributed by atoms with E-state index in [1.54, 1.807) is 20.3 Å². The van der Waals surface area contributed by atoms with Gasteiger partial charge in [-0.3, -0.25) is 0 Å². The van der Waals surface area contributed by atoms with Gasteiger partial charge in [-0.25, -0.2) is 4.79 Å². The van der Waals surface area contributed by atoms with E-state index in [-0.39, 0.29) is 6.61 Å². The number of esters is 1. The SMILES string of the molecule is COc1ccccc1/C=C(/C(=O)OCc1cc(C)ccc1OC)c1ccccc1. The van der Waals surface area contributed by atoms with Gasteiger partial charge < -0.3 is 14.2 Å². The second-order valence-corrected chi connectivity index (χ2v) is 6.56. The number of hydrogen-bond acceptors (Lipinski definition) is 4. The number of carbonyl (C=O) groups excluding carboxylic acids is 1. The normalized spacial score (nSPS) is 11.1. The van der Waals surface area contributed by atoms with Crippen molar-refractivity contribution in [2.75, 3.05) is 14.2 Å². The third-order valence-electron chi connectivity index (χ3n) is 4.54. The first-order chi connectivity index (χ1) is 14.1. The quantitative estimate of drug-likeness (QED) is 0.313. The van der Waals surface area contributed by atoms with Crippen molar-refractivity contribution in [3.05, 3.63) is 95.1 Å². The van der Waals surface area contributed by atoms with Crippen LogP contribution in [0.1, 0.15) is 22.3 Å². The number of hydrogen-bond donors (Lipinski definition) is 0. The average Bonchev–Trinajstić information content (AvgIpc) is 2.76. The number of aryl methyl sites for hydroxylation is 1. The second-order valence-electron chi connectivity index (χ2n) is 6.56.